The Morgan fingerprint density at radius 2 is 1.90 bits per heavy atom. The van der Waals surface area contributed by atoms with Crippen LogP contribution in [-0.2, 0) is 10.5 Å². The normalized spacial score (nSPS) is 10.3. The predicted molar refractivity (Wildman–Crippen MR) is 79.4 cm³/mol. The molecule has 0 bridgehead atoms. The maximum absolute atomic E-state index is 11.6. The van der Waals surface area contributed by atoms with Gasteiger partial charge < -0.3 is 4.74 Å². The molecule has 0 radical (unpaired) electrons. The fraction of sp³-hybridized carbons (Fsp3) is 0.154. The number of benzene rings is 1. The van der Waals surface area contributed by atoms with E-state index in [1.807, 2.05) is 12.1 Å². The van der Waals surface area contributed by atoms with E-state index in [0.717, 1.165) is 5.56 Å². The summed E-state index contributed by atoms with van der Waals surface area (Å²) in [5, 5.41) is 1.03. The topological polar surface area (TPSA) is 52.1 Å². The molecular weight excluding hydrogens is 319 g/mol. The molecule has 1 aromatic carbocycles. The van der Waals surface area contributed by atoms with Gasteiger partial charge >= 0.3 is 5.97 Å². The number of hydrogen-bond acceptors (Lipinski definition) is 5. The smallest absolute Gasteiger partial charge is 0.338 e. The van der Waals surface area contributed by atoms with E-state index in [1.165, 1.54) is 24.9 Å². The molecule has 20 heavy (non-hydrogen) atoms. The lowest BCUT2D eigenvalue weighted by molar-refractivity contribution is 0.0600. The minimum Gasteiger partial charge on any atom is -0.465 e. The third-order valence-corrected chi connectivity index (χ3v) is 3.71. The quantitative estimate of drug-likeness (QED) is 0.369. The molecule has 0 saturated carbocycles. The zero-order valence-corrected chi connectivity index (χ0v) is 12.8. The molecular formula is C13H10Cl2N2O2S. The molecule has 0 saturated heterocycles. The van der Waals surface area contributed by atoms with Crippen molar-refractivity contribution >= 4 is 40.9 Å². The lowest BCUT2D eigenvalue weighted by Crippen LogP contribution is -2.04. The molecule has 0 atom stereocenters. The van der Waals surface area contributed by atoms with Crippen molar-refractivity contribution in [3.05, 3.63) is 51.8 Å². The van der Waals surface area contributed by atoms with Crippen molar-refractivity contribution in [2.75, 3.05) is 7.11 Å². The number of ether oxygens (including phenoxy) is 1. The Hall–Kier alpha value is -1.30. The monoisotopic (exact) mass is 328 g/mol. The van der Waals surface area contributed by atoms with Crippen molar-refractivity contribution in [3.8, 4) is 0 Å². The number of halogens is 2. The van der Waals surface area contributed by atoms with Crippen LogP contribution in [0.15, 0.2) is 35.5 Å². The van der Waals surface area contributed by atoms with Crippen LogP contribution in [0.4, 0.5) is 0 Å². The van der Waals surface area contributed by atoms with Crippen LogP contribution >= 0.6 is 35.0 Å². The molecule has 7 heteroatoms. The Morgan fingerprint density at radius 1 is 1.25 bits per heavy atom. The van der Waals surface area contributed by atoms with Crippen LogP contribution in [0.25, 0.3) is 0 Å². The van der Waals surface area contributed by atoms with Gasteiger partial charge in [0.25, 0.3) is 0 Å². The molecule has 0 spiro atoms. The number of nitrogens with zero attached hydrogens (tertiary/aromatic N) is 2. The highest BCUT2D eigenvalue weighted by molar-refractivity contribution is 7.98. The molecule has 0 unspecified atom stereocenters. The van der Waals surface area contributed by atoms with Crippen LogP contribution in [0.2, 0.25) is 10.3 Å². The Kier molecular flexibility index (Phi) is 5.23. The Morgan fingerprint density at radius 3 is 2.55 bits per heavy atom. The van der Waals surface area contributed by atoms with E-state index in [0.29, 0.717) is 16.5 Å². The van der Waals surface area contributed by atoms with Crippen LogP contribution in [-0.4, -0.2) is 23.0 Å². The minimum atomic E-state index is -0.369. The summed E-state index contributed by atoms with van der Waals surface area (Å²) in [7, 11) is 1.35. The summed E-state index contributed by atoms with van der Waals surface area (Å²) in [6.45, 7) is 0. The van der Waals surface area contributed by atoms with Crippen LogP contribution in [0.5, 0.6) is 0 Å². The highest BCUT2D eigenvalue weighted by atomic mass is 35.5. The summed E-state index contributed by atoms with van der Waals surface area (Å²) in [4.78, 5) is 19.8. The van der Waals surface area contributed by atoms with Gasteiger partial charge in [-0.15, -0.1) is 0 Å². The van der Waals surface area contributed by atoms with Gasteiger partial charge in [-0.05, 0) is 11.6 Å². The average molecular weight is 329 g/mol. The molecule has 2 rings (SSSR count). The molecule has 0 aliphatic heterocycles. The molecule has 4 nitrogen and oxygen atoms in total. The molecule has 2 aromatic rings. The number of thioether (sulfide) groups is 1. The highest BCUT2D eigenvalue weighted by Crippen LogP contribution is 2.24. The third kappa shape index (κ3) is 3.85. The fourth-order valence-electron chi connectivity index (χ4n) is 1.53. The Balaban J connectivity index is 2.16. The van der Waals surface area contributed by atoms with Gasteiger partial charge in [-0.3, -0.25) is 0 Å². The van der Waals surface area contributed by atoms with Crippen LogP contribution in [0, 0.1) is 0 Å². The molecule has 0 aliphatic carbocycles. The van der Waals surface area contributed by atoms with Crippen LogP contribution in [0.3, 0.4) is 0 Å². The summed E-state index contributed by atoms with van der Waals surface area (Å²) in [6, 6.07) is 8.68. The highest BCUT2D eigenvalue weighted by Gasteiger charge is 2.12. The number of carbonyl (C=O) groups is 1. The summed E-state index contributed by atoms with van der Waals surface area (Å²) >= 11 is 13.0. The number of hydrogen-bond donors (Lipinski definition) is 0. The Labute approximate surface area is 130 Å². The summed E-state index contributed by atoms with van der Waals surface area (Å²) in [6.07, 6.45) is 0. The molecule has 104 valence electrons. The fourth-order valence-corrected chi connectivity index (χ4v) is 2.92. The van der Waals surface area contributed by atoms with Gasteiger partial charge in [0.2, 0.25) is 0 Å². The van der Waals surface area contributed by atoms with E-state index in [1.54, 1.807) is 12.1 Å². The average Bonchev–Trinajstić information content (AvgIpc) is 2.43. The second-order valence-corrected chi connectivity index (χ2v) is 5.45. The SMILES string of the molecule is COC(=O)c1ccccc1CSc1nc(Cl)cc(Cl)n1. The van der Waals surface area contributed by atoms with Gasteiger partial charge in [0.1, 0.15) is 10.3 Å². The van der Waals surface area contributed by atoms with E-state index in [4.69, 9.17) is 27.9 Å². The zero-order chi connectivity index (χ0) is 14.5. The van der Waals surface area contributed by atoms with Gasteiger partial charge in [0.05, 0.1) is 12.7 Å². The van der Waals surface area contributed by atoms with Crippen LogP contribution < -0.4 is 0 Å². The van der Waals surface area contributed by atoms with Gasteiger partial charge in [0.15, 0.2) is 5.16 Å². The van der Waals surface area contributed by atoms with Gasteiger partial charge in [-0.1, -0.05) is 53.2 Å². The zero-order valence-electron chi connectivity index (χ0n) is 10.5. The van der Waals surface area contributed by atoms with E-state index in [9.17, 15) is 4.79 Å². The van der Waals surface area contributed by atoms with Crippen molar-refractivity contribution in [2.45, 2.75) is 10.9 Å². The first-order chi connectivity index (χ1) is 9.60. The minimum absolute atomic E-state index is 0.286. The molecule has 0 fully saturated rings. The first-order valence-corrected chi connectivity index (χ1v) is 7.33. The van der Waals surface area contributed by atoms with Crippen molar-refractivity contribution in [1.29, 1.82) is 0 Å². The standard InChI is InChI=1S/C13H10Cl2N2O2S/c1-19-12(18)9-5-3-2-4-8(9)7-20-13-16-10(14)6-11(15)17-13/h2-6H,7H2,1H3. The summed E-state index contributed by atoms with van der Waals surface area (Å²) in [5.74, 6) is 0.147. The maximum atomic E-state index is 11.6. The number of carbonyl (C=O) groups excluding carboxylic acids is 1. The van der Waals surface area contributed by atoms with Crippen molar-refractivity contribution in [2.24, 2.45) is 0 Å². The molecule has 0 N–H and O–H groups in total. The molecule has 1 heterocycles. The lowest BCUT2D eigenvalue weighted by Gasteiger charge is -2.07. The van der Waals surface area contributed by atoms with Crippen molar-refractivity contribution < 1.29 is 9.53 Å². The van der Waals surface area contributed by atoms with E-state index < -0.39 is 0 Å². The molecule has 0 aliphatic rings. The summed E-state index contributed by atoms with van der Waals surface area (Å²) < 4.78 is 4.75. The lowest BCUT2D eigenvalue weighted by atomic mass is 10.1. The van der Waals surface area contributed by atoms with E-state index >= 15 is 0 Å². The van der Waals surface area contributed by atoms with Crippen molar-refractivity contribution in [3.63, 3.8) is 0 Å². The van der Waals surface area contributed by atoms with E-state index in [2.05, 4.69) is 9.97 Å². The number of rotatable bonds is 4. The second kappa shape index (κ2) is 6.92. The first kappa shape index (κ1) is 15.1. The predicted octanol–water partition coefficient (Wildman–Crippen LogP) is 3.86. The maximum Gasteiger partial charge on any atom is 0.338 e. The largest absolute Gasteiger partial charge is 0.465 e. The summed E-state index contributed by atoms with van der Waals surface area (Å²) in [5.41, 5.74) is 1.36. The van der Waals surface area contributed by atoms with Crippen LogP contribution in [0.1, 0.15) is 15.9 Å². The third-order valence-electron chi connectivity index (χ3n) is 2.42. The van der Waals surface area contributed by atoms with Crippen molar-refractivity contribution in [1.82, 2.24) is 9.97 Å². The van der Waals surface area contributed by atoms with Gasteiger partial charge in [-0.25, -0.2) is 14.8 Å². The van der Waals surface area contributed by atoms with E-state index in [-0.39, 0.29) is 16.3 Å². The number of aromatic nitrogens is 2. The molecule has 0 amide bonds. The number of esters is 1. The van der Waals surface area contributed by atoms with Gasteiger partial charge in [0, 0.05) is 11.8 Å². The first-order valence-electron chi connectivity index (χ1n) is 5.59. The molecule has 1 aromatic heterocycles. The van der Waals surface area contributed by atoms with Gasteiger partial charge in [-0.2, -0.15) is 0 Å². The number of methoxy groups -OCH3 is 1. The second-order valence-electron chi connectivity index (χ2n) is 3.73. The Bertz CT molecular complexity index is 617.